The smallest absolute Gasteiger partial charge is 0.266 e. The molecule has 1 atom stereocenters. The summed E-state index contributed by atoms with van der Waals surface area (Å²) in [5, 5.41) is 0. The van der Waals surface area contributed by atoms with E-state index < -0.39 is 5.54 Å². The molecule has 7 heteroatoms. The molecule has 1 unspecified atom stereocenters. The lowest BCUT2D eigenvalue weighted by molar-refractivity contribution is -0.129. The molecule has 2 aliphatic rings. The first-order chi connectivity index (χ1) is 14.4. The van der Waals surface area contributed by atoms with Crippen LogP contribution >= 0.6 is 0 Å². The highest BCUT2D eigenvalue weighted by atomic mass is 16.5. The molecule has 1 amide bonds. The van der Waals surface area contributed by atoms with Crippen LogP contribution in [0.3, 0.4) is 0 Å². The fraction of sp³-hybridized carbons (Fsp3) is 0.174. The molecule has 7 nitrogen and oxygen atoms in total. The molecular formula is C23H20N4O3. The number of aryl methyl sites for hydroxylation is 1. The Morgan fingerprint density at radius 2 is 1.90 bits per heavy atom. The highest BCUT2D eigenvalue weighted by Crippen LogP contribution is 2.52. The number of carbonyl (C=O) groups excluding carboxylic acids is 1. The van der Waals surface area contributed by atoms with Crippen LogP contribution in [-0.4, -0.2) is 35.9 Å². The molecule has 3 aromatic rings. The van der Waals surface area contributed by atoms with E-state index in [0.29, 0.717) is 22.6 Å². The number of nitrogens with zero attached hydrogens (tertiary/aromatic N) is 3. The van der Waals surface area contributed by atoms with Crippen molar-refractivity contribution in [2.75, 3.05) is 14.2 Å². The molecule has 2 aromatic carbocycles. The molecule has 0 fully saturated rings. The Labute approximate surface area is 173 Å². The summed E-state index contributed by atoms with van der Waals surface area (Å²) in [4.78, 5) is 23.6. The molecule has 0 bridgehead atoms. The number of hydrogen-bond donors (Lipinski definition) is 1. The number of fused-ring (bicyclic) bond motifs is 4. The maximum absolute atomic E-state index is 13.5. The number of amides is 1. The number of hydrogen-bond acceptors (Lipinski definition) is 6. The minimum atomic E-state index is -1.30. The van der Waals surface area contributed by atoms with Gasteiger partial charge in [0.1, 0.15) is 11.5 Å². The van der Waals surface area contributed by atoms with Gasteiger partial charge in [0.15, 0.2) is 11.7 Å². The van der Waals surface area contributed by atoms with E-state index in [1.54, 1.807) is 32.6 Å². The van der Waals surface area contributed by atoms with Crippen molar-refractivity contribution in [2.45, 2.75) is 12.5 Å². The number of pyridine rings is 1. The third-order valence-electron chi connectivity index (χ3n) is 5.62. The first kappa shape index (κ1) is 18.2. The first-order valence-corrected chi connectivity index (χ1v) is 9.50. The highest BCUT2D eigenvalue weighted by Gasteiger charge is 2.54. The van der Waals surface area contributed by atoms with Crippen LogP contribution in [0.4, 0.5) is 0 Å². The Bertz CT molecular complexity index is 1240. The lowest BCUT2D eigenvalue weighted by atomic mass is 9.79. The van der Waals surface area contributed by atoms with Crippen LogP contribution in [0, 0.1) is 6.92 Å². The van der Waals surface area contributed by atoms with E-state index in [1.165, 1.54) is 4.90 Å². The van der Waals surface area contributed by atoms with Gasteiger partial charge < -0.3 is 15.2 Å². The van der Waals surface area contributed by atoms with Gasteiger partial charge in [-0.1, -0.05) is 12.1 Å². The predicted octanol–water partition coefficient (Wildman–Crippen LogP) is 3.20. The van der Waals surface area contributed by atoms with E-state index in [2.05, 4.69) is 16.0 Å². The number of nitrogens with two attached hydrogens (primary N) is 1. The molecule has 5 rings (SSSR count). The Hall–Kier alpha value is -3.87. The third kappa shape index (κ3) is 2.41. The minimum absolute atomic E-state index is 0.165. The zero-order valence-corrected chi connectivity index (χ0v) is 16.8. The average Bonchev–Trinajstić information content (AvgIpc) is 2.98. The van der Waals surface area contributed by atoms with Crippen LogP contribution < -0.4 is 15.2 Å². The zero-order chi connectivity index (χ0) is 21.0. The van der Waals surface area contributed by atoms with Crippen LogP contribution in [0.2, 0.25) is 0 Å². The summed E-state index contributed by atoms with van der Waals surface area (Å²) in [6.07, 6.45) is 3.22. The average molecular weight is 400 g/mol. The fourth-order valence-electron chi connectivity index (χ4n) is 4.13. The number of carbonyl (C=O) groups is 1. The minimum Gasteiger partial charge on any atom is -0.497 e. The molecule has 2 aliphatic heterocycles. The monoisotopic (exact) mass is 400 g/mol. The number of likely N-dealkylation sites (N-methyl/N-ethyl adjacent to an activating group) is 1. The van der Waals surface area contributed by atoms with Crippen molar-refractivity contribution in [1.82, 2.24) is 9.88 Å². The van der Waals surface area contributed by atoms with Gasteiger partial charge >= 0.3 is 0 Å². The fourth-order valence-corrected chi connectivity index (χ4v) is 4.13. The second-order valence-electron chi connectivity index (χ2n) is 7.47. The van der Waals surface area contributed by atoms with Gasteiger partial charge in [0, 0.05) is 24.4 Å². The molecular weight excluding hydrogens is 380 g/mol. The van der Waals surface area contributed by atoms with Crippen molar-refractivity contribution in [3.63, 3.8) is 0 Å². The number of aliphatic imine (C=N–C) groups is 1. The number of guanidine groups is 1. The van der Waals surface area contributed by atoms with E-state index in [-0.39, 0.29) is 11.9 Å². The van der Waals surface area contributed by atoms with Crippen molar-refractivity contribution in [3.05, 3.63) is 71.5 Å². The van der Waals surface area contributed by atoms with Crippen molar-refractivity contribution >= 4 is 11.9 Å². The van der Waals surface area contributed by atoms with Crippen molar-refractivity contribution in [3.8, 4) is 28.4 Å². The Kier molecular flexibility index (Phi) is 3.83. The van der Waals surface area contributed by atoms with Gasteiger partial charge in [0.25, 0.3) is 5.91 Å². The number of benzene rings is 2. The van der Waals surface area contributed by atoms with Gasteiger partial charge in [0.05, 0.1) is 13.3 Å². The van der Waals surface area contributed by atoms with Crippen molar-refractivity contribution in [2.24, 2.45) is 10.7 Å². The highest BCUT2D eigenvalue weighted by molar-refractivity contribution is 6.10. The Morgan fingerprint density at radius 1 is 1.07 bits per heavy atom. The number of ether oxygens (including phenoxy) is 2. The number of aromatic nitrogens is 1. The maximum Gasteiger partial charge on any atom is 0.266 e. The van der Waals surface area contributed by atoms with Crippen LogP contribution in [0.15, 0.2) is 59.9 Å². The molecule has 3 heterocycles. The topological polar surface area (TPSA) is 90.0 Å². The molecule has 150 valence electrons. The van der Waals surface area contributed by atoms with Crippen LogP contribution in [-0.2, 0) is 10.3 Å². The summed E-state index contributed by atoms with van der Waals surface area (Å²) in [7, 11) is 3.27. The van der Waals surface area contributed by atoms with E-state index in [1.807, 2.05) is 37.3 Å². The molecule has 1 spiro atoms. The van der Waals surface area contributed by atoms with E-state index in [0.717, 1.165) is 22.4 Å². The van der Waals surface area contributed by atoms with Gasteiger partial charge in [-0.2, -0.15) is 0 Å². The lowest BCUT2D eigenvalue weighted by Gasteiger charge is -2.33. The van der Waals surface area contributed by atoms with Crippen LogP contribution in [0.5, 0.6) is 17.2 Å². The summed E-state index contributed by atoms with van der Waals surface area (Å²) in [6.45, 7) is 2.01. The standard InChI is InChI=1S/C23H20N4O3/c1-13-8-15(10-16(9-13)29-3)14-4-5-19-18(11-14)23(21(28)27(2)22(24)26-23)17-6-7-25-12-20(17)30-19/h4-12H,1-3H3,(H2,24,26). The number of methoxy groups -OCH3 is 1. The molecule has 0 saturated heterocycles. The normalized spacial score (nSPS) is 19.2. The van der Waals surface area contributed by atoms with E-state index in [4.69, 9.17) is 15.2 Å². The van der Waals surface area contributed by atoms with E-state index in [9.17, 15) is 4.79 Å². The lowest BCUT2D eigenvalue weighted by Crippen LogP contribution is -2.42. The van der Waals surface area contributed by atoms with E-state index >= 15 is 0 Å². The molecule has 0 saturated carbocycles. The Morgan fingerprint density at radius 3 is 2.63 bits per heavy atom. The molecule has 1 aromatic heterocycles. The number of rotatable bonds is 2. The van der Waals surface area contributed by atoms with Crippen LogP contribution in [0.1, 0.15) is 16.7 Å². The van der Waals surface area contributed by atoms with Gasteiger partial charge in [-0.25, -0.2) is 4.99 Å². The van der Waals surface area contributed by atoms with Gasteiger partial charge in [0.2, 0.25) is 5.54 Å². The van der Waals surface area contributed by atoms with Crippen molar-refractivity contribution in [1.29, 1.82) is 0 Å². The predicted molar refractivity (Wildman–Crippen MR) is 113 cm³/mol. The second kappa shape index (κ2) is 6.32. The quantitative estimate of drug-likeness (QED) is 0.713. The van der Waals surface area contributed by atoms with Gasteiger partial charge in [-0.15, -0.1) is 0 Å². The zero-order valence-electron chi connectivity index (χ0n) is 16.8. The van der Waals surface area contributed by atoms with Gasteiger partial charge in [-0.05, 0) is 53.9 Å². The van der Waals surface area contributed by atoms with Crippen molar-refractivity contribution < 1.29 is 14.3 Å². The van der Waals surface area contributed by atoms with Gasteiger partial charge in [-0.3, -0.25) is 14.7 Å². The molecule has 30 heavy (non-hydrogen) atoms. The molecule has 2 N–H and O–H groups in total. The third-order valence-corrected chi connectivity index (χ3v) is 5.62. The second-order valence-corrected chi connectivity index (χ2v) is 7.47. The molecule has 0 radical (unpaired) electrons. The molecule has 0 aliphatic carbocycles. The summed E-state index contributed by atoms with van der Waals surface area (Å²) < 4.78 is 11.5. The summed E-state index contributed by atoms with van der Waals surface area (Å²) in [6, 6.07) is 13.5. The summed E-state index contributed by atoms with van der Waals surface area (Å²) in [5.74, 6) is 1.76. The first-order valence-electron chi connectivity index (χ1n) is 9.50. The largest absolute Gasteiger partial charge is 0.497 e. The summed E-state index contributed by atoms with van der Waals surface area (Å²) >= 11 is 0. The summed E-state index contributed by atoms with van der Waals surface area (Å²) in [5.41, 5.74) is 9.03. The maximum atomic E-state index is 13.5. The SMILES string of the molecule is COc1cc(C)cc(-c2ccc3c(c2)C2(N=C(N)N(C)C2=O)c2ccncc2O3)c1. The van der Waals surface area contributed by atoms with Crippen LogP contribution in [0.25, 0.3) is 11.1 Å². The Balaban J connectivity index is 1.77.